The second-order valence-electron chi connectivity index (χ2n) is 6.81. The highest BCUT2D eigenvalue weighted by Crippen LogP contribution is 2.16. The van der Waals surface area contributed by atoms with Gasteiger partial charge in [-0.15, -0.1) is 0 Å². The van der Waals surface area contributed by atoms with Crippen LogP contribution in [0.25, 0.3) is 0 Å². The van der Waals surface area contributed by atoms with Crippen LogP contribution in [0, 0.1) is 6.92 Å². The fourth-order valence-corrected chi connectivity index (χ4v) is 3.32. The number of aromatic nitrogens is 1. The van der Waals surface area contributed by atoms with Crippen molar-refractivity contribution in [3.8, 4) is 0 Å². The summed E-state index contributed by atoms with van der Waals surface area (Å²) in [7, 11) is 0. The molecule has 0 amide bonds. The molecule has 3 rings (SSSR count). The fraction of sp³-hybridized carbons (Fsp3) is 0.476. The maximum Gasteiger partial charge on any atom is 0.0702 e. The Morgan fingerprint density at radius 3 is 2.58 bits per heavy atom. The molecule has 2 heterocycles. The van der Waals surface area contributed by atoms with Gasteiger partial charge in [-0.25, -0.2) is 0 Å². The number of aryl methyl sites for hydroxylation is 2. The predicted octanol–water partition coefficient (Wildman–Crippen LogP) is 4.00. The topological polar surface area (TPSA) is 25.4 Å². The highest BCUT2D eigenvalue weighted by Gasteiger charge is 2.19. The zero-order valence-corrected chi connectivity index (χ0v) is 14.7. The third-order valence-electron chi connectivity index (χ3n) is 4.70. The second-order valence-corrected chi connectivity index (χ2v) is 6.81. The molecule has 128 valence electrons. The molecule has 0 saturated carbocycles. The third-order valence-corrected chi connectivity index (χ3v) is 4.70. The molecule has 1 atom stereocenters. The quantitative estimate of drug-likeness (QED) is 0.734. The smallest absolute Gasteiger partial charge is 0.0702 e. The lowest BCUT2D eigenvalue weighted by Crippen LogP contribution is -2.32. The molecule has 0 unspecified atom stereocenters. The van der Waals surface area contributed by atoms with E-state index in [9.17, 15) is 0 Å². The molecule has 1 aromatic heterocycles. The maximum absolute atomic E-state index is 5.84. The van der Waals surface area contributed by atoms with Gasteiger partial charge in [-0.3, -0.25) is 9.88 Å². The average molecular weight is 324 g/mol. The molecule has 1 saturated heterocycles. The maximum atomic E-state index is 5.84. The summed E-state index contributed by atoms with van der Waals surface area (Å²) in [4.78, 5) is 6.66. The second kappa shape index (κ2) is 8.95. The normalized spacial score (nSPS) is 17.5. The predicted molar refractivity (Wildman–Crippen MR) is 98.0 cm³/mol. The van der Waals surface area contributed by atoms with E-state index in [0.717, 1.165) is 32.7 Å². The van der Waals surface area contributed by atoms with Crippen LogP contribution < -0.4 is 0 Å². The van der Waals surface area contributed by atoms with E-state index in [2.05, 4.69) is 53.2 Å². The molecule has 3 nitrogen and oxygen atoms in total. The Hall–Kier alpha value is -1.71. The van der Waals surface area contributed by atoms with Gasteiger partial charge in [-0.05, 0) is 62.4 Å². The Bertz CT molecular complexity index is 591. The monoisotopic (exact) mass is 324 g/mol. The standard InChI is InChI=1S/C21H28N2O/c1-18-6-8-19(9-7-18)4-2-14-23(17-21-5-3-15-24-21)16-20-10-12-22-13-11-20/h6-13,21H,2-5,14-17H2,1H3/t21-/m0/s1. The van der Waals surface area contributed by atoms with E-state index in [1.807, 2.05) is 12.4 Å². The molecule has 0 spiro atoms. The van der Waals surface area contributed by atoms with Crippen molar-refractivity contribution in [1.29, 1.82) is 0 Å². The summed E-state index contributed by atoms with van der Waals surface area (Å²) in [6, 6.07) is 13.1. The van der Waals surface area contributed by atoms with Gasteiger partial charge in [0.1, 0.15) is 0 Å². The molecule has 0 radical (unpaired) electrons. The molecular formula is C21H28N2O. The van der Waals surface area contributed by atoms with Gasteiger partial charge in [-0.1, -0.05) is 29.8 Å². The van der Waals surface area contributed by atoms with Crippen LogP contribution in [0.15, 0.2) is 48.8 Å². The summed E-state index contributed by atoms with van der Waals surface area (Å²) in [5.41, 5.74) is 4.09. The van der Waals surface area contributed by atoms with E-state index in [0.29, 0.717) is 6.10 Å². The van der Waals surface area contributed by atoms with Crippen LogP contribution >= 0.6 is 0 Å². The van der Waals surface area contributed by atoms with Crippen LogP contribution in [-0.4, -0.2) is 35.7 Å². The minimum absolute atomic E-state index is 0.409. The Labute approximate surface area is 145 Å². The first-order valence-electron chi connectivity index (χ1n) is 9.08. The van der Waals surface area contributed by atoms with Crippen LogP contribution in [0.4, 0.5) is 0 Å². The summed E-state index contributed by atoms with van der Waals surface area (Å²) in [6.07, 6.45) is 8.89. The van der Waals surface area contributed by atoms with Crippen molar-refractivity contribution in [1.82, 2.24) is 9.88 Å². The first-order valence-corrected chi connectivity index (χ1v) is 9.08. The number of hydrogen-bond acceptors (Lipinski definition) is 3. The Morgan fingerprint density at radius 2 is 1.88 bits per heavy atom. The molecular weight excluding hydrogens is 296 g/mol. The van der Waals surface area contributed by atoms with Crippen molar-refractivity contribution >= 4 is 0 Å². The first-order chi connectivity index (χ1) is 11.8. The lowest BCUT2D eigenvalue weighted by Gasteiger charge is -2.25. The van der Waals surface area contributed by atoms with Gasteiger partial charge < -0.3 is 4.74 Å². The number of pyridine rings is 1. The van der Waals surface area contributed by atoms with Gasteiger partial charge >= 0.3 is 0 Å². The van der Waals surface area contributed by atoms with E-state index in [4.69, 9.17) is 4.74 Å². The van der Waals surface area contributed by atoms with Gasteiger partial charge in [0.05, 0.1) is 6.10 Å². The SMILES string of the molecule is Cc1ccc(CCCN(Cc2ccncc2)C[C@@H]2CCCO2)cc1. The molecule has 24 heavy (non-hydrogen) atoms. The van der Waals surface area contributed by atoms with Crippen molar-refractivity contribution in [3.63, 3.8) is 0 Å². The minimum atomic E-state index is 0.409. The van der Waals surface area contributed by atoms with Gasteiger partial charge in [0.25, 0.3) is 0 Å². The molecule has 1 aliphatic rings. The third kappa shape index (κ3) is 5.43. The summed E-state index contributed by atoms with van der Waals surface area (Å²) < 4.78 is 5.84. The van der Waals surface area contributed by atoms with Crippen molar-refractivity contribution in [2.24, 2.45) is 0 Å². The van der Waals surface area contributed by atoms with Crippen molar-refractivity contribution in [3.05, 3.63) is 65.5 Å². The number of hydrogen-bond donors (Lipinski definition) is 0. The number of ether oxygens (including phenoxy) is 1. The van der Waals surface area contributed by atoms with Gasteiger partial charge in [0.15, 0.2) is 0 Å². The van der Waals surface area contributed by atoms with Crippen LogP contribution in [0.1, 0.15) is 36.0 Å². The molecule has 1 fully saturated rings. The van der Waals surface area contributed by atoms with Gasteiger partial charge in [0, 0.05) is 32.1 Å². The zero-order chi connectivity index (χ0) is 16.6. The number of rotatable bonds is 8. The van der Waals surface area contributed by atoms with E-state index in [1.165, 1.54) is 36.0 Å². The Morgan fingerprint density at radius 1 is 1.08 bits per heavy atom. The molecule has 3 heteroatoms. The fourth-order valence-electron chi connectivity index (χ4n) is 3.32. The van der Waals surface area contributed by atoms with E-state index >= 15 is 0 Å². The van der Waals surface area contributed by atoms with Crippen LogP contribution in [-0.2, 0) is 17.7 Å². The highest BCUT2D eigenvalue weighted by atomic mass is 16.5. The molecule has 2 aromatic rings. The number of benzene rings is 1. The van der Waals surface area contributed by atoms with Crippen LogP contribution in [0.5, 0.6) is 0 Å². The summed E-state index contributed by atoms with van der Waals surface area (Å²) in [5.74, 6) is 0. The van der Waals surface area contributed by atoms with Gasteiger partial charge in [-0.2, -0.15) is 0 Å². The van der Waals surface area contributed by atoms with Crippen molar-refractivity contribution < 1.29 is 4.74 Å². The lowest BCUT2D eigenvalue weighted by molar-refractivity contribution is 0.0702. The lowest BCUT2D eigenvalue weighted by atomic mass is 10.1. The van der Waals surface area contributed by atoms with E-state index in [-0.39, 0.29) is 0 Å². The number of nitrogens with zero attached hydrogens (tertiary/aromatic N) is 2. The molecule has 1 aromatic carbocycles. The average Bonchev–Trinajstić information content (AvgIpc) is 3.10. The van der Waals surface area contributed by atoms with Crippen LogP contribution in [0.3, 0.4) is 0 Å². The Balaban J connectivity index is 1.53. The Kier molecular flexibility index (Phi) is 6.39. The molecule has 0 aliphatic carbocycles. The van der Waals surface area contributed by atoms with Crippen LogP contribution in [0.2, 0.25) is 0 Å². The first kappa shape index (κ1) is 17.1. The molecule has 0 bridgehead atoms. The summed E-state index contributed by atoms with van der Waals surface area (Å²) in [6.45, 7) is 6.20. The zero-order valence-electron chi connectivity index (χ0n) is 14.7. The summed E-state index contributed by atoms with van der Waals surface area (Å²) in [5, 5.41) is 0. The van der Waals surface area contributed by atoms with Gasteiger partial charge in [0.2, 0.25) is 0 Å². The molecule has 1 aliphatic heterocycles. The van der Waals surface area contributed by atoms with Crippen molar-refractivity contribution in [2.45, 2.75) is 45.3 Å². The highest BCUT2D eigenvalue weighted by molar-refractivity contribution is 5.21. The summed E-state index contributed by atoms with van der Waals surface area (Å²) >= 11 is 0. The molecule has 0 N–H and O–H groups in total. The minimum Gasteiger partial charge on any atom is -0.377 e. The van der Waals surface area contributed by atoms with E-state index in [1.54, 1.807) is 0 Å². The largest absolute Gasteiger partial charge is 0.377 e. The van der Waals surface area contributed by atoms with Crippen molar-refractivity contribution in [2.75, 3.05) is 19.7 Å². The van der Waals surface area contributed by atoms with E-state index < -0.39 is 0 Å².